The van der Waals surface area contributed by atoms with Crippen LogP contribution in [-0.2, 0) is 18.3 Å². The van der Waals surface area contributed by atoms with Gasteiger partial charge in [0.1, 0.15) is 17.4 Å². The maximum Gasteiger partial charge on any atom is 0.314 e. The first kappa shape index (κ1) is 24.1. The van der Waals surface area contributed by atoms with Crippen molar-refractivity contribution in [3.8, 4) is 34.2 Å². The van der Waals surface area contributed by atoms with E-state index in [2.05, 4.69) is 40.3 Å². The Morgan fingerprint density at radius 1 is 1.16 bits per heavy atom. The zero-order valence-electron chi connectivity index (χ0n) is 21.0. The van der Waals surface area contributed by atoms with Crippen LogP contribution in [0.5, 0.6) is 5.75 Å². The number of nitrogens with one attached hydrogen (secondary N) is 1. The lowest BCUT2D eigenvalue weighted by Gasteiger charge is -2.12. The maximum atomic E-state index is 12.0. The van der Waals surface area contributed by atoms with E-state index in [0.717, 1.165) is 52.3 Å². The van der Waals surface area contributed by atoms with Crippen molar-refractivity contribution in [1.82, 2.24) is 24.7 Å². The van der Waals surface area contributed by atoms with Gasteiger partial charge in [-0.25, -0.2) is 4.98 Å². The summed E-state index contributed by atoms with van der Waals surface area (Å²) in [4.78, 5) is 25.7. The van der Waals surface area contributed by atoms with Crippen LogP contribution in [0.4, 0.5) is 11.6 Å². The van der Waals surface area contributed by atoms with E-state index in [9.17, 15) is 10.1 Å². The number of aryl methyl sites for hydroxylation is 1. The number of nitriles is 1. The molecule has 1 fully saturated rings. The van der Waals surface area contributed by atoms with Crippen LogP contribution in [0.2, 0.25) is 0 Å². The Kier molecular flexibility index (Phi) is 6.64. The number of carbonyl (C=O) groups excluding carboxylic acids is 1. The highest BCUT2D eigenvalue weighted by molar-refractivity contribution is 5.79. The van der Waals surface area contributed by atoms with Gasteiger partial charge >= 0.3 is 5.97 Å². The molecule has 0 spiro atoms. The molecule has 9 nitrogen and oxygen atoms in total. The molecule has 37 heavy (non-hydrogen) atoms. The lowest BCUT2D eigenvalue weighted by Crippen LogP contribution is -2.10. The molecule has 0 aliphatic heterocycles. The fraction of sp³-hybridized carbons (Fsp3) is 0.286. The summed E-state index contributed by atoms with van der Waals surface area (Å²) in [5.41, 5.74) is 4.98. The average molecular weight is 494 g/mol. The molecular weight excluding hydrogens is 466 g/mol. The SMILES string of the molecule is CC(C)c1cncc(Nc2c(-c3ccc(-c4ccc(OC(=O)C5CC5)cc4CC#N)cn3)cnn2C)n1. The van der Waals surface area contributed by atoms with E-state index in [-0.39, 0.29) is 24.2 Å². The van der Waals surface area contributed by atoms with E-state index in [4.69, 9.17) is 9.72 Å². The van der Waals surface area contributed by atoms with E-state index < -0.39 is 0 Å². The zero-order valence-corrected chi connectivity index (χ0v) is 21.0. The third kappa shape index (κ3) is 5.33. The molecule has 0 amide bonds. The molecule has 0 atom stereocenters. The first-order chi connectivity index (χ1) is 17.9. The van der Waals surface area contributed by atoms with E-state index >= 15 is 0 Å². The smallest absolute Gasteiger partial charge is 0.314 e. The molecule has 1 aliphatic carbocycles. The number of aromatic nitrogens is 5. The van der Waals surface area contributed by atoms with Gasteiger partial charge in [-0.3, -0.25) is 19.4 Å². The molecule has 186 valence electrons. The van der Waals surface area contributed by atoms with Gasteiger partial charge in [-0.15, -0.1) is 0 Å². The van der Waals surface area contributed by atoms with E-state index in [1.807, 2.05) is 25.2 Å². The molecule has 1 aromatic carbocycles. The minimum atomic E-state index is -0.204. The minimum Gasteiger partial charge on any atom is -0.426 e. The van der Waals surface area contributed by atoms with Crippen LogP contribution >= 0.6 is 0 Å². The second-order valence-electron chi connectivity index (χ2n) is 9.42. The second kappa shape index (κ2) is 10.2. The van der Waals surface area contributed by atoms with Crippen molar-refractivity contribution in [3.05, 3.63) is 66.4 Å². The Balaban J connectivity index is 1.40. The van der Waals surface area contributed by atoms with Crippen molar-refractivity contribution in [2.75, 3.05) is 5.32 Å². The van der Waals surface area contributed by atoms with Gasteiger partial charge < -0.3 is 10.1 Å². The molecule has 3 aromatic heterocycles. The fourth-order valence-electron chi connectivity index (χ4n) is 3.99. The van der Waals surface area contributed by atoms with Crippen molar-refractivity contribution in [1.29, 1.82) is 5.26 Å². The zero-order chi connectivity index (χ0) is 25.9. The Hall–Kier alpha value is -4.58. The lowest BCUT2D eigenvalue weighted by molar-refractivity contribution is -0.135. The summed E-state index contributed by atoms with van der Waals surface area (Å²) in [7, 11) is 1.85. The largest absolute Gasteiger partial charge is 0.426 e. The van der Waals surface area contributed by atoms with E-state index in [0.29, 0.717) is 11.6 Å². The molecule has 0 radical (unpaired) electrons. The van der Waals surface area contributed by atoms with Crippen LogP contribution in [0.3, 0.4) is 0 Å². The molecule has 3 heterocycles. The second-order valence-corrected chi connectivity index (χ2v) is 9.42. The normalized spacial score (nSPS) is 12.8. The van der Waals surface area contributed by atoms with Gasteiger partial charge in [0.2, 0.25) is 0 Å². The summed E-state index contributed by atoms with van der Waals surface area (Å²) in [5.74, 6) is 1.92. The summed E-state index contributed by atoms with van der Waals surface area (Å²) >= 11 is 0. The van der Waals surface area contributed by atoms with Gasteiger partial charge in [0.25, 0.3) is 0 Å². The minimum absolute atomic E-state index is 0.00823. The molecule has 0 saturated heterocycles. The van der Waals surface area contributed by atoms with Crippen molar-refractivity contribution in [2.45, 2.75) is 39.0 Å². The van der Waals surface area contributed by atoms with Gasteiger partial charge in [0.15, 0.2) is 0 Å². The topological polar surface area (TPSA) is 119 Å². The van der Waals surface area contributed by atoms with Gasteiger partial charge in [0, 0.05) is 25.0 Å². The van der Waals surface area contributed by atoms with Gasteiger partial charge in [0.05, 0.1) is 47.8 Å². The van der Waals surface area contributed by atoms with Crippen LogP contribution in [0.15, 0.2) is 55.1 Å². The third-order valence-corrected chi connectivity index (χ3v) is 6.26. The molecule has 9 heteroatoms. The summed E-state index contributed by atoms with van der Waals surface area (Å²) in [5, 5.41) is 17.1. The number of hydrogen-bond donors (Lipinski definition) is 1. The Morgan fingerprint density at radius 3 is 2.70 bits per heavy atom. The number of esters is 1. The van der Waals surface area contributed by atoms with Gasteiger partial charge in [-0.2, -0.15) is 10.4 Å². The first-order valence-corrected chi connectivity index (χ1v) is 12.2. The van der Waals surface area contributed by atoms with Gasteiger partial charge in [-0.1, -0.05) is 26.0 Å². The third-order valence-electron chi connectivity index (χ3n) is 6.26. The number of hydrogen-bond acceptors (Lipinski definition) is 8. The summed E-state index contributed by atoms with van der Waals surface area (Å²) in [6.07, 6.45) is 8.94. The Labute approximate surface area is 215 Å². The summed E-state index contributed by atoms with van der Waals surface area (Å²) in [6.45, 7) is 4.15. The highest BCUT2D eigenvalue weighted by Crippen LogP contribution is 2.34. The maximum absolute atomic E-state index is 12.0. The molecule has 1 N–H and O–H groups in total. The molecule has 4 aromatic rings. The molecule has 5 rings (SSSR count). The Bertz CT molecular complexity index is 1480. The predicted octanol–water partition coefficient (Wildman–Crippen LogP) is 5.19. The quantitative estimate of drug-likeness (QED) is 0.263. The average Bonchev–Trinajstić information content (AvgIpc) is 3.69. The van der Waals surface area contributed by atoms with Crippen LogP contribution in [0.25, 0.3) is 22.4 Å². The molecule has 1 aliphatic rings. The highest BCUT2D eigenvalue weighted by atomic mass is 16.5. The number of carbonyl (C=O) groups is 1. The standard InChI is InChI=1S/C28H27N7O2/c1-17(2)25-15-30-16-26(33-25)34-27-23(14-32-35(27)3)24-9-6-20(13-31-24)22-8-7-21(12-19(22)10-11-29)37-28(36)18-4-5-18/h6-9,12-18H,4-5,10H2,1-3H3,(H,33,34). The number of anilines is 2. The van der Waals surface area contributed by atoms with Crippen molar-refractivity contribution in [2.24, 2.45) is 13.0 Å². The number of ether oxygens (including phenoxy) is 1. The van der Waals surface area contributed by atoms with Crippen LogP contribution in [0, 0.1) is 17.2 Å². The number of pyridine rings is 1. The first-order valence-electron chi connectivity index (χ1n) is 12.2. The van der Waals surface area contributed by atoms with Crippen LogP contribution in [0.1, 0.15) is 43.9 Å². The summed E-state index contributed by atoms with van der Waals surface area (Å²) in [6, 6.07) is 11.5. The van der Waals surface area contributed by atoms with Crippen molar-refractivity contribution >= 4 is 17.6 Å². The molecule has 0 bridgehead atoms. The number of nitrogens with zero attached hydrogens (tertiary/aromatic N) is 6. The predicted molar refractivity (Wildman–Crippen MR) is 139 cm³/mol. The molecular formula is C28H27N7O2. The number of rotatable bonds is 8. The van der Waals surface area contributed by atoms with Gasteiger partial charge in [-0.05, 0) is 48.1 Å². The van der Waals surface area contributed by atoms with E-state index in [1.165, 1.54) is 0 Å². The molecule has 0 unspecified atom stereocenters. The van der Waals surface area contributed by atoms with Crippen molar-refractivity contribution < 1.29 is 9.53 Å². The van der Waals surface area contributed by atoms with Crippen molar-refractivity contribution in [3.63, 3.8) is 0 Å². The monoisotopic (exact) mass is 493 g/mol. The Morgan fingerprint density at radius 2 is 2.00 bits per heavy atom. The fourth-order valence-corrected chi connectivity index (χ4v) is 3.99. The highest BCUT2D eigenvalue weighted by Gasteiger charge is 2.31. The van der Waals surface area contributed by atoms with Crippen LogP contribution in [-0.4, -0.2) is 30.7 Å². The number of benzene rings is 1. The molecule has 1 saturated carbocycles. The lowest BCUT2D eigenvalue weighted by atomic mass is 9.98. The van der Waals surface area contributed by atoms with E-state index in [1.54, 1.807) is 41.6 Å². The van der Waals surface area contributed by atoms with Crippen LogP contribution < -0.4 is 10.1 Å². The summed E-state index contributed by atoms with van der Waals surface area (Å²) < 4.78 is 7.23.